The predicted molar refractivity (Wildman–Crippen MR) is 107 cm³/mol. The fourth-order valence-corrected chi connectivity index (χ4v) is 5.19. The highest BCUT2D eigenvalue weighted by atomic mass is 32.2. The maximum absolute atomic E-state index is 12.6. The summed E-state index contributed by atoms with van der Waals surface area (Å²) < 4.78 is 7.06. The highest BCUT2D eigenvalue weighted by Gasteiger charge is 2.34. The van der Waals surface area contributed by atoms with E-state index in [2.05, 4.69) is 22.1 Å². The number of thioether (sulfide) groups is 1. The van der Waals surface area contributed by atoms with Gasteiger partial charge < -0.3 is 10.1 Å². The van der Waals surface area contributed by atoms with Crippen LogP contribution in [0, 0.1) is 6.92 Å². The molecule has 0 unspecified atom stereocenters. The Morgan fingerprint density at radius 1 is 1.23 bits per heavy atom. The summed E-state index contributed by atoms with van der Waals surface area (Å²) in [7, 11) is 1.64. The van der Waals surface area contributed by atoms with Crippen molar-refractivity contribution >= 4 is 34.8 Å². The van der Waals surface area contributed by atoms with Crippen molar-refractivity contribution in [1.82, 2.24) is 9.78 Å². The summed E-state index contributed by atoms with van der Waals surface area (Å²) in [6.45, 7) is 3.95. The Morgan fingerprint density at radius 2 is 2.00 bits per heavy atom. The van der Waals surface area contributed by atoms with Gasteiger partial charge in [-0.25, -0.2) is 4.68 Å². The number of hydrogen-bond donors (Lipinski definition) is 1. The van der Waals surface area contributed by atoms with Crippen LogP contribution in [0.25, 0.3) is 5.69 Å². The lowest BCUT2D eigenvalue weighted by molar-refractivity contribution is -0.115. The number of amides is 1. The average Bonchev–Trinajstić information content (AvgIpc) is 3.26. The van der Waals surface area contributed by atoms with Crippen LogP contribution in [0.3, 0.4) is 0 Å². The van der Waals surface area contributed by atoms with Crippen LogP contribution >= 0.6 is 23.1 Å². The smallest absolute Gasteiger partial charge is 0.238 e. The van der Waals surface area contributed by atoms with Crippen LogP contribution < -0.4 is 10.1 Å². The quantitative estimate of drug-likeness (QED) is 0.725. The van der Waals surface area contributed by atoms with Crippen LogP contribution in [0.2, 0.25) is 0 Å². The van der Waals surface area contributed by atoms with E-state index in [-0.39, 0.29) is 16.4 Å². The van der Waals surface area contributed by atoms with Gasteiger partial charge in [0.1, 0.15) is 11.6 Å². The van der Waals surface area contributed by atoms with Crippen LogP contribution in [0.4, 0.5) is 5.82 Å². The van der Waals surface area contributed by atoms with E-state index in [9.17, 15) is 4.79 Å². The fraction of sp³-hybridized carbons (Fsp3) is 0.263. The third-order valence-electron chi connectivity index (χ3n) is 4.48. The Labute approximate surface area is 160 Å². The van der Waals surface area contributed by atoms with E-state index in [0.717, 1.165) is 28.5 Å². The van der Waals surface area contributed by atoms with Crippen LogP contribution in [0.5, 0.6) is 5.75 Å². The first kappa shape index (κ1) is 17.2. The van der Waals surface area contributed by atoms with Gasteiger partial charge in [0.2, 0.25) is 5.91 Å². The second-order valence-corrected chi connectivity index (χ2v) is 8.39. The Morgan fingerprint density at radius 3 is 2.65 bits per heavy atom. The first-order valence-corrected chi connectivity index (χ1v) is 10.2. The van der Waals surface area contributed by atoms with E-state index in [4.69, 9.17) is 9.84 Å². The lowest BCUT2D eigenvalue weighted by atomic mass is 10.1. The average molecular weight is 386 g/mol. The number of aromatic nitrogens is 2. The molecule has 1 aliphatic rings. The van der Waals surface area contributed by atoms with Gasteiger partial charge in [0, 0.05) is 5.56 Å². The fourth-order valence-electron chi connectivity index (χ4n) is 3.11. The number of thiophene rings is 1. The maximum Gasteiger partial charge on any atom is 0.238 e. The number of anilines is 1. The summed E-state index contributed by atoms with van der Waals surface area (Å²) in [5, 5.41) is 12.0. The van der Waals surface area contributed by atoms with Crippen molar-refractivity contribution in [2.75, 3.05) is 12.4 Å². The molecule has 1 aliphatic heterocycles. The van der Waals surface area contributed by atoms with E-state index >= 15 is 0 Å². The van der Waals surface area contributed by atoms with Gasteiger partial charge in [0.15, 0.2) is 0 Å². The molecule has 3 aromatic rings. The van der Waals surface area contributed by atoms with E-state index in [0.29, 0.717) is 0 Å². The van der Waals surface area contributed by atoms with E-state index < -0.39 is 0 Å². The van der Waals surface area contributed by atoms with Gasteiger partial charge >= 0.3 is 0 Å². The summed E-state index contributed by atoms with van der Waals surface area (Å²) in [5.74, 6) is 1.54. The zero-order chi connectivity index (χ0) is 18.3. The molecular formula is C19H19N3O2S2. The van der Waals surface area contributed by atoms with Crippen molar-refractivity contribution < 1.29 is 9.53 Å². The zero-order valence-corrected chi connectivity index (χ0v) is 16.4. The molecule has 26 heavy (non-hydrogen) atoms. The molecule has 134 valence electrons. The molecule has 3 heterocycles. The summed E-state index contributed by atoms with van der Waals surface area (Å²) in [6.07, 6.45) is 0. The monoisotopic (exact) mass is 385 g/mol. The summed E-state index contributed by atoms with van der Waals surface area (Å²) in [4.78, 5) is 12.6. The minimum atomic E-state index is -0.143. The number of carbonyl (C=O) groups is 1. The van der Waals surface area contributed by atoms with E-state index in [1.807, 2.05) is 42.8 Å². The molecule has 0 saturated carbocycles. The van der Waals surface area contributed by atoms with Crippen molar-refractivity contribution in [3.8, 4) is 11.4 Å². The molecule has 0 bridgehead atoms. The number of hydrogen-bond acceptors (Lipinski definition) is 5. The van der Waals surface area contributed by atoms with Crippen molar-refractivity contribution in [3.05, 3.63) is 57.9 Å². The minimum absolute atomic E-state index is 0.00337. The number of nitrogens with one attached hydrogen (secondary N) is 1. The van der Waals surface area contributed by atoms with Crippen molar-refractivity contribution in [3.63, 3.8) is 0 Å². The molecule has 2 aromatic heterocycles. The molecule has 0 spiro atoms. The number of fused-ring (bicyclic) bond motifs is 1. The molecule has 0 fully saturated rings. The molecule has 1 aromatic carbocycles. The topological polar surface area (TPSA) is 56.1 Å². The Bertz CT molecular complexity index is 933. The standard InChI is InChI=1S/C19H19N3O2S2/c1-11-16-17(13-8-9-25-10-13)26-12(2)19(23)20-18(16)22(21-11)14-4-6-15(24-3)7-5-14/h4-10,12,17H,1-3H3,(H,20,23)/t12-,17-/m1/s1. The van der Waals surface area contributed by atoms with Gasteiger partial charge in [-0.05, 0) is 60.5 Å². The van der Waals surface area contributed by atoms with Crippen molar-refractivity contribution in [1.29, 1.82) is 0 Å². The third-order valence-corrected chi connectivity index (χ3v) is 6.59. The van der Waals surface area contributed by atoms with Crippen LogP contribution in [0.15, 0.2) is 41.1 Å². The van der Waals surface area contributed by atoms with Gasteiger partial charge in [-0.15, -0.1) is 11.8 Å². The molecule has 0 aliphatic carbocycles. The molecule has 1 amide bonds. The van der Waals surface area contributed by atoms with Crippen molar-refractivity contribution in [2.24, 2.45) is 0 Å². The molecule has 0 radical (unpaired) electrons. The summed E-state index contributed by atoms with van der Waals surface area (Å²) in [5.41, 5.74) is 4.09. The number of ether oxygens (including phenoxy) is 1. The Kier molecular flexibility index (Phi) is 4.50. The molecule has 5 nitrogen and oxygen atoms in total. The molecule has 1 N–H and O–H groups in total. The normalized spacial score (nSPS) is 19.6. The van der Waals surface area contributed by atoms with E-state index in [1.54, 1.807) is 30.2 Å². The number of rotatable bonds is 3. The number of methoxy groups -OCH3 is 1. The highest BCUT2D eigenvalue weighted by Crippen LogP contribution is 2.46. The van der Waals surface area contributed by atoms with Gasteiger partial charge in [-0.3, -0.25) is 4.79 Å². The number of aryl methyl sites for hydroxylation is 1. The highest BCUT2D eigenvalue weighted by molar-refractivity contribution is 8.01. The second-order valence-electron chi connectivity index (χ2n) is 6.16. The van der Waals surface area contributed by atoms with Crippen LogP contribution in [-0.2, 0) is 4.79 Å². The van der Waals surface area contributed by atoms with Gasteiger partial charge in [-0.1, -0.05) is 0 Å². The SMILES string of the molecule is COc1ccc(-n2nc(C)c3c2NC(=O)[C@@H](C)S[C@@H]3c2ccsc2)cc1. The lowest BCUT2D eigenvalue weighted by Gasteiger charge is -2.15. The predicted octanol–water partition coefficient (Wildman–Crippen LogP) is 4.41. The maximum atomic E-state index is 12.6. The number of nitrogens with zero attached hydrogens (tertiary/aromatic N) is 2. The van der Waals surface area contributed by atoms with Crippen LogP contribution in [0.1, 0.15) is 29.0 Å². The lowest BCUT2D eigenvalue weighted by Crippen LogP contribution is -2.22. The largest absolute Gasteiger partial charge is 0.497 e. The van der Waals surface area contributed by atoms with Crippen LogP contribution in [-0.4, -0.2) is 28.0 Å². The first-order chi connectivity index (χ1) is 12.6. The summed E-state index contributed by atoms with van der Waals surface area (Å²) >= 11 is 3.34. The summed E-state index contributed by atoms with van der Waals surface area (Å²) in [6, 6.07) is 9.80. The second kappa shape index (κ2) is 6.81. The Balaban J connectivity index is 1.87. The molecule has 4 rings (SSSR count). The number of benzene rings is 1. The van der Waals surface area contributed by atoms with Gasteiger partial charge in [0.05, 0.1) is 29.0 Å². The molecular weight excluding hydrogens is 366 g/mol. The molecule has 2 atom stereocenters. The van der Waals surface area contributed by atoms with Crippen molar-refractivity contribution in [2.45, 2.75) is 24.3 Å². The van der Waals surface area contributed by atoms with E-state index in [1.165, 1.54) is 5.56 Å². The molecule has 0 saturated heterocycles. The Hall–Kier alpha value is -2.25. The zero-order valence-electron chi connectivity index (χ0n) is 14.7. The minimum Gasteiger partial charge on any atom is -0.497 e. The number of carbonyl (C=O) groups excluding carboxylic acids is 1. The van der Waals surface area contributed by atoms with Gasteiger partial charge in [-0.2, -0.15) is 16.4 Å². The van der Waals surface area contributed by atoms with Gasteiger partial charge in [0.25, 0.3) is 0 Å². The first-order valence-electron chi connectivity index (χ1n) is 8.31. The third kappa shape index (κ3) is 2.91. The molecule has 7 heteroatoms.